The van der Waals surface area contributed by atoms with Gasteiger partial charge in [0.1, 0.15) is 5.75 Å². The molecule has 0 aliphatic rings. The number of amides is 1. The fraction of sp³-hybridized carbons (Fsp3) is 0.278. The Labute approximate surface area is 139 Å². The highest BCUT2D eigenvalue weighted by molar-refractivity contribution is 9.10. The van der Waals surface area contributed by atoms with Crippen LogP contribution in [0.5, 0.6) is 5.75 Å². The normalized spacial score (nSPS) is 10.3. The van der Waals surface area contributed by atoms with E-state index in [0.29, 0.717) is 19.4 Å². The molecule has 0 unspecified atom stereocenters. The van der Waals surface area contributed by atoms with Crippen LogP contribution in [0.2, 0.25) is 0 Å². The molecular formula is C18H20BrNO2. The fourth-order valence-electron chi connectivity index (χ4n) is 2.19. The zero-order valence-electron chi connectivity index (χ0n) is 12.9. The van der Waals surface area contributed by atoms with Gasteiger partial charge in [-0.15, -0.1) is 0 Å². The molecule has 0 fully saturated rings. The maximum absolute atomic E-state index is 12.0. The summed E-state index contributed by atoms with van der Waals surface area (Å²) in [6.45, 7) is 4.52. The van der Waals surface area contributed by atoms with Crippen molar-refractivity contribution in [2.75, 3.05) is 11.9 Å². The molecular weight excluding hydrogens is 342 g/mol. The second kappa shape index (κ2) is 7.99. The Morgan fingerprint density at radius 3 is 2.50 bits per heavy atom. The van der Waals surface area contributed by atoms with Crippen molar-refractivity contribution in [1.82, 2.24) is 0 Å². The second-order valence-corrected chi connectivity index (χ2v) is 6.14. The number of carbonyl (C=O) groups excluding carboxylic acids is 1. The first-order chi connectivity index (χ1) is 10.6. The number of benzene rings is 2. The molecule has 0 radical (unpaired) electrons. The summed E-state index contributed by atoms with van der Waals surface area (Å²) in [5.41, 5.74) is 3.08. The molecule has 0 saturated carbocycles. The number of hydrogen-bond donors (Lipinski definition) is 1. The molecule has 1 N–H and O–H groups in total. The Bertz CT molecular complexity index is 635. The average Bonchev–Trinajstić information content (AvgIpc) is 2.48. The van der Waals surface area contributed by atoms with E-state index in [1.807, 2.05) is 56.3 Å². The number of carbonyl (C=O) groups is 1. The van der Waals surface area contributed by atoms with Gasteiger partial charge in [0, 0.05) is 16.6 Å². The van der Waals surface area contributed by atoms with Crippen LogP contribution in [0.25, 0.3) is 0 Å². The van der Waals surface area contributed by atoms with Crippen molar-refractivity contribution in [3.05, 3.63) is 58.1 Å². The molecule has 0 atom stereocenters. The summed E-state index contributed by atoms with van der Waals surface area (Å²) in [5, 5.41) is 2.98. The Morgan fingerprint density at radius 1 is 1.14 bits per heavy atom. The lowest BCUT2D eigenvalue weighted by atomic mass is 10.1. The van der Waals surface area contributed by atoms with E-state index < -0.39 is 0 Å². The van der Waals surface area contributed by atoms with Crippen LogP contribution in [0, 0.1) is 13.8 Å². The summed E-state index contributed by atoms with van der Waals surface area (Å²) < 4.78 is 6.61. The number of hydrogen-bond acceptors (Lipinski definition) is 2. The Kier molecular flexibility index (Phi) is 6.01. The van der Waals surface area contributed by atoms with E-state index in [-0.39, 0.29) is 5.91 Å². The minimum absolute atomic E-state index is 0.0234. The summed E-state index contributed by atoms with van der Waals surface area (Å²) in [5.74, 6) is 0.833. The maximum atomic E-state index is 12.0. The van der Waals surface area contributed by atoms with Gasteiger partial charge in [0.15, 0.2) is 0 Å². The van der Waals surface area contributed by atoms with E-state index in [4.69, 9.17) is 4.74 Å². The minimum Gasteiger partial charge on any atom is -0.494 e. The summed E-state index contributed by atoms with van der Waals surface area (Å²) in [6.07, 6.45) is 1.13. The third-order valence-electron chi connectivity index (χ3n) is 3.36. The first-order valence-corrected chi connectivity index (χ1v) is 8.10. The zero-order valence-corrected chi connectivity index (χ0v) is 14.4. The summed E-state index contributed by atoms with van der Waals surface area (Å²) in [7, 11) is 0. The number of anilines is 1. The molecule has 0 heterocycles. The van der Waals surface area contributed by atoms with Crippen LogP contribution < -0.4 is 10.1 Å². The topological polar surface area (TPSA) is 38.3 Å². The van der Waals surface area contributed by atoms with Gasteiger partial charge in [0.05, 0.1) is 6.61 Å². The van der Waals surface area contributed by atoms with Gasteiger partial charge < -0.3 is 10.1 Å². The smallest absolute Gasteiger partial charge is 0.224 e. The highest BCUT2D eigenvalue weighted by Gasteiger charge is 2.07. The SMILES string of the molecule is Cc1cccc(C)c1NC(=O)CCCOc1cccc(Br)c1. The van der Waals surface area contributed by atoms with Crippen molar-refractivity contribution in [2.24, 2.45) is 0 Å². The molecule has 1 amide bonds. The third kappa shape index (κ3) is 4.88. The lowest BCUT2D eigenvalue weighted by Gasteiger charge is -2.11. The maximum Gasteiger partial charge on any atom is 0.224 e. The molecule has 2 rings (SSSR count). The summed E-state index contributed by atoms with van der Waals surface area (Å²) >= 11 is 3.40. The van der Waals surface area contributed by atoms with Crippen molar-refractivity contribution in [3.63, 3.8) is 0 Å². The average molecular weight is 362 g/mol. The largest absolute Gasteiger partial charge is 0.494 e. The Hall–Kier alpha value is -1.81. The van der Waals surface area contributed by atoms with Crippen molar-refractivity contribution >= 4 is 27.5 Å². The highest BCUT2D eigenvalue weighted by Crippen LogP contribution is 2.20. The van der Waals surface area contributed by atoms with Crippen LogP contribution in [0.4, 0.5) is 5.69 Å². The number of halogens is 1. The zero-order chi connectivity index (χ0) is 15.9. The van der Waals surface area contributed by atoms with Crippen molar-refractivity contribution in [2.45, 2.75) is 26.7 Å². The van der Waals surface area contributed by atoms with Crippen LogP contribution in [-0.4, -0.2) is 12.5 Å². The van der Waals surface area contributed by atoms with E-state index >= 15 is 0 Å². The monoisotopic (exact) mass is 361 g/mol. The summed E-state index contributed by atoms with van der Waals surface area (Å²) in [4.78, 5) is 12.0. The van der Waals surface area contributed by atoms with Crippen LogP contribution in [0.3, 0.4) is 0 Å². The lowest BCUT2D eigenvalue weighted by molar-refractivity contribution is -0.116. The molecule has 2 aromatic carbocycles. The molecule has 116 valence electrons. The quantitative estimate of drug-likeness (QED) is 0.745. The Morgan fingerprint density at radius 2 is 1.82 bits per heavy atom. The fourth-order valence-corrected chi connectivity index (χ4v) is 2.57. The molecule has 22 heavy (non-hydrogen) atoms. The predicted octanol–water partition coefficient (Wildman–Crippen LogP) is 4.86. The van der Waals surface area contributed by atoms with Gasteiger partial charge in [0.2, 0.25) is 5.91 Å². The lowest BCUT2D eigenvalue weighted by Crippen LogP contribution is -2.14. The Balaban J connectivity index is 1.76. The first kappa shape index (κ1) is 16.6. The van der Waals surface area contributed by atoms with E-state index in [1.165, 1.54) is 0 Å². The molecule has 0 bridgehead atoms. The number of para-hydroxylation sites is 1. The number of rotatable bonds is 6. The van der Waals surface area contributed by atoms with Gasteiger partial charge >= 0.3 is 0 Å². The number of aryl methyl sites for hydroxylation is 2. The first-order valence-electron chi connectivity index (χ1n) is 7.30. The molecule has 3 nitrogen and oxygen atoms in total. The van der Waals surface area contributed by atoms with Crippen molar-refractivity contribution in [1.29, 1.82) is 0 Å². The van der Waals surface area contributed by atoms with Gasteiger partial charge in [0.25, 0.3) is 0 Å². The van der Waals surface area contributed by atoms with Gasteiger partial charge in [-0.25, -0.2) is 0 Å². The predicted molar refractivity (Wildman–Crippen MR) is 93.4 cm³/mol. The van der Waals surface area contributed by atoms with Gasteiger partial charge in [-0.05, 0) is 49.6 Å². The van der Waals surface area contributed by atoms with Crippen LogP contribution in [-0.2, 0) is 4.79 Å². The van der Waals surface area contributed by atoms with Gasteiger partial charge in [-0.1, -0.05) is 40.2 Å². The van der Waals surface area contributed by atoms with Gasteiger partial charge in [-0.2, -0.15) is 0 Å². The van der Waals surface area contributed by atoms with Crippen molar-refractivity contribution in [3.8, 4) is 5.75 Å². The van der Waals surface area contributed by atoms with Gasteiger partial charge in [-0.3, -0.25) is 4.79 Å². The van der Waals surface area contributed by atoms with Crippen LogP contribution >= 0.6 is 15.9 Å². The van der Waals surface area contributed by atoms with Crippen LogP contribution in [0.15, 0.2) is 46.9 Å². The van der Waals surface area contributed by atoms with Crippen LogP contribution in [0.1, 0.15) is 24.0 Å². The highest BCUT2D eigenvalue weighted by atomic mass is 79.9. The number of nitrogens with one attached hydrogen (secondary N) is 1. The van der Waals surface area contributed by atoms with E-state index in [1.54, 1.807) is 0 Å². The van der Waals surface area contributed by atoms with E-state index in [9.17, 15) is 4.79 Å². The molecule has 2 aromatic rings. The molecule has 0 aliphatic carbocycles. The standard InChI is InChI=1S/C18H20BrNO2/c1-13-6-3-7-14(2)18(13)20-17(21)10-5-11-22-16-9-4-8-15(19)12-16/h3-4,6-9,12H,5,10-11H2,1-2H3,(H,20,21). The van der Waals surface area contributed by atoms with E-state index in [0.717, 1.165) is 27.0 Å². The number of ether oxygens (including phenoxy) is 1. The van der Waals surface area contributed by atoms with Crippen molar-refractivity contribution < 1.29 is 9.53 Å². The molecule has 0 aromatic heterocycles. The molecule has 0 aliphatic heterocycles. The molecule has 4 heteroatoms. The third-order valence-corrected chi connectivity index (χ3v) is 3.85. The van der Waals surface area contributed by atoms with E-state index in [2.05, 4.69) is 21.2 Å². The molecule has 0 saturated heterocycles. The molecule has 0 spiro atoms. The summed E-state index contributed by atoms with van der Waals surface area (Å²) in [6, 6.07) is 13.7. The minimum atomic E-state index is 0.0234. The second-order valence-electron chi connectivity index (χ2n) is 5.22.